The summed E-state index contributed by atoms with van der Waals surface area (Å²) < 4.78 is 4.88. The van der Waals surface area contributed by atoms with Gasteiger partial charge in [0.2, 0.25) is 0 Å². The number of ether oxygens (including phenoxy) is 1. The maximum absolute atomic E-state index is 10.2. The molecule has 0 aliphatic heterocycles. The van der Waals surface area contributed by atoms with Crippen molar-refractivity contribution >= 4 is 6.47 Å². The van der Waals surface area contributed by atoms with Crippen LogP contribution in [0.1, 0.15) is 27.8 Å². The molecule has 0 fully saturated rings. The zero-order valence-electron chi connectivity index (χ0n) is 10.2. The molecule has 0 aliphatic carbocycles. The molecular weight excluding hydrogens is 187 g/mol. The molecule has 0 amide bonds. The normalized spacial score (nSPS) is 10.2. The molecule has 0 bridgehead atoms. The van der Waals surface area contributed by atoms with Gasteiger partial charge in [-0.3, -0.25) is 4.79 Å². The summed E-state index contributed by atoms with van der Waals surface area (Å²) in [7, 11) is 0. The summed E-state index contributed by atoms with van der Waals surface area (Å²) in [6, 6.07) is 7.57. The molecule has 0 atom stereocenters. The molecule has 2 nitrogen and oxygen atoms in total. The zero-order valence-corrected chi connectivity index (χ0v) is 11.2. The van der Waals surface area contributed by atoms with Crippen LogP contribution in [-0.2, 0) is 10.2 Å². The average Bonchev–Trinajstić information content (AvgIpc) is 2.04. The summed E-state index contributed by atoms with van der Waals surface area (Å²) in [4.78, 5) is 10.2. The van der Waals surface area contributed by atoms with E-state index in [2.05, 4.69) is 20.8 Å². The fourth-order valence-corrected chi connectivity index (χ4v) is 1.24. The Kier molecular flexibility index (Phi) is 5.42. The number of carbonyl (C=O) groups is 1. The molecule has 0 saturated carbocycles. The van der Waals surface area contributed by atoms with Gasteiger partial charge in [-0.05, 0) is 11.5 Å². The summed E-state index contributed by atoms with van der Waals surface area (Å²) >= 11 is 0. The summed E-state index contributed by atoms with van der Waals surface area (Å²) in [5.74, 6) is 0.644. The fraction of sp³-hybridized carbons (Fsp3) is 0.364. The Morgan fingerprint density at radius 1 is 1.29 bits per heavy atom. The molecule has 0 aliphatic rings. The number of benzene rings is 1. The average molecular weight is 202 g/mol. The van der Waals surface area contributed by atoms with Crippen LogP contribution in [0, 0.1) is 0 Å². The smallest absolute Gasteiger partial charge is 1.00 e. The van der Waals surface area contributed by atoms with Crippen molar-refractivity contribution in [3.05, 3.63) is 29.8 Å². The Morgan fingerprint density at radius 2 is 1.86 bits per heavy atom. The van der Waals surface area contributed by atoms with Gasteiger partial charge >= 0.3 is 29.6 Å². The van der Waals surface area contributed by atoms with Gasteiger partial charge in [-0.25, -0.2) is 0 Å². The topological polar surface area (TPSA) is 26.3 Å². The van der Waals surface area contributed by atoms with Crippen molar-refractivity contribution in [2.75, 3.05) is 0 Å². The van der Waals surface area contributed by atoms with E-state index < -0.39 is 0 Å². The van der Waals surface area contributed by atoms with Crippen LogP contribution >= 0.6 is 0 Å². The van der Waals surface area contributed by atoms with E-state index in [0.29, 0.717) is 12.2 Å². The molecule has 72 valence electrons. The third-order valence-corrected chi connectivity index (χ3v) is 1.87. The third-order valence-electron chi connectivity index (χ3n) is 1.87. The van der Waals surface area contributed by atoms with Crippen LogP contribution in [0.5, 0.6) is 5.75 Å². The van der Waals surface area contributed by atoms with Crippen LogP contribution in [0.4, 0.5) is 0 Å². The number of carbonyl (C=O) groups excluding carboxylic acids is 1. The van der Waals surface area contributed by atoms with E-state index in [0.717, 1.165) is 5.56 Å². The van der Waals surface area contributed by atoms with Crippen LogP contribution < -0.4 is 34.3 Å². The predicted molar refractivity (Wildman–Crippen MR) is 52.9 cm³/mol. The summed E-state index contributed by atoms with van der Waals surface area (Å²) in [6.07, 6.45) is 0. The first-order valence-electron chi connectivity index (χ1n) is 4.25. The van der Waals surface area contributed by atoms with Crippen molar-refractivity contribution in [1.29, 1.82) is 0 Å². The second-order valence-corrected chi connectivity index (χ2v) is 3.96. The minimum absolute atomic E-state index is 0. The monoisotopic (exact) mass is 202 g/mol. The first kappa shape index (κ1) is 13.7. The number of para-hydroxylation sites is 1. The second kappa shape index (κ2) is 5.54. The van der Waals surface area contributed by atoms with Gasteiger partial charge in [-0.15, -0.1) is 0 Å². The maximum Gasteiger partial charge on any atom is 1.00 e. The first-order valence-corrected chi connectivity index (χ1v) is 4.25. The largest absolute Gasteiger partial charge is 1.00 e. The van der Waals surface area contributed by atoms with Crippen molar-refractivity contribution in [2.24, 2.45) is 0 Å². The molecule has 0 spiro atoms. The Morgan fingerprint density at radius 3 is 2.36 bits per heavy atom. The minimum Gasteiger partial charge on any atom is -1.00 e. The Hall–Kier alpha value is -0.310. The predicted octanol–water partition coefficient (Wildman–Crippen LogP) is -0.364. The summed E-state index contributed by atoms with van der Waals surface area (Å²) in [6.45, 7) is 6.71. The van der Waals surface area contributed by atoms with E-state index in [1.54, 1.807) is 6.07 Å². The van der Waals surface area contributed by atoms with Gasteiger partial charge in [0.1, 0.15) is 5.75 Å². The van der Waals surface area contributed by atoms with E-state index in [-0.39, 0.29) is 36.4 Å². The van der Waals surface area contributed by atoms with Crippen molar-refractivity contribution in [3.8, 4) is 5.75 Å². The summed E-state index contributed by atoms with van der Waals surface area (Å²) in [5, 5.41) is 0. The van der Waals surface area contributed by atoms with Crippen LogP contribution in [0.2, 0.25) is 0 Å². The van der Waals surface area contributed by atoms with Crippen LogP contribution in [-0.4, -0.2) is 6.47 Å². The standard InChI is InChI=1S/C11H14O2.Na.H/c1-11(2,3)9-6-4-5-7-10(9)13-8-12;;/h4-8H,1-3H3;;/q;+1;-1. The first-order chi connectivity index (χ1) is 6.05. The van der Waals surface area contributed by atoms with Crippen molar-refractivity contribution in [3.63, 3.8) is 0 Å². The van der Waals surface area contributed by atoms with Crippen molar-refractivity contribution in [1.82, 2.24) is 0 Å². The van der Waals surface area contributed by atoms with E-state index in [1.165, 1.54) is 0 Å². The quantitative estimate of drug-likeness (QED) is 0.483. The van der Waals surface area contributed by atoms with Gasteiger partial charge in [-0.1, -0.05) is 39.0 Å². The molecule has 0 heterocycles. The molecule has 3 heteroatoms. The molecule has 0 saturated heterocycles. The van der Waals surface area contributed by atoms with Gasteiger partial charge in [0.25, 0.3) is 6.47 Å². The van der Waals surface area contributed by atoms with Gasteiger partial charge in [-0.2, -0.15) is 0 Å². The second-order valence-electron chi connectivity index (χ2n) is 3.96. The molecule has 14 heavy (non-hydrogen) atoms. The Balaban J connectivity index is 0. The van der Waals surface area contributed by atoms with Gasteiger partial charge in [0.15, 0.2) is 0 Å². The van der Waals surface area contributed by atoms with Crippen molar-refractivity contribution < 1.29 is 40.5 Å². The number of hydrogen-bond acceptors (Lipinski definition) is 2. The Bertz CT molecular complexity index is 308. The molecular formula is C11H15NaO2. The van der Waals surface area contributed by atoms with E-state index in [9.17, 15) is 4.79 Å². The molecule has 0 radical (unpaired) electrons. The molecule has 0 unspecified atom stereocenters. The molecule has 0 aromatic heterocycles. The fourth-order valence-electron chi connectivity index (χ4n) is 1.24. The molecule has 1 aromatic carbocycles. The van der Waals surface area contributed by atoms with Crippen molar-refractivity contribution in [2.45, 2.75) is 26.2 Å². The van der Waals surface area contributed by atoms with E-state index >= 15 is 0 Å². The number of hydrogen-bond donors (Lipinski definition) is 0. The maximum atomic E-state index is 10.2. The SMILES string of the molecule is CC(C)(C)c1ccccc1OC=O.[H-].[Na+]. The van der Waals surface area contributed by atoms with Gasteiger partial charge in [0, 0.05) is 5.56 Å². The van der Waals surface area contributed by atoms with Crippen LogP contribution in [0.15, 0.2) is 24.3 Å². The van der Waals surface area contributed by atoms with E-state index in [4.69, 9.17) is 4.74 Å². The summed E-state index contributed by atoms with van der Waals surface area (Å²) in [5.41, 5.74) is 1.04. The third kappa shape index (κ3) is 3.45. The molecule has 1 rings (SSSR count). The van der Waals surface area contributed by atoms with Crippen LogP contribution in [0.25, 0.3) is 0 Å². The molecule has 0 N–H and O–H groups in total. The zero-order chi connectivity index (χ0) is 9.90. The van der Waals surface area contributed by atoms with Gasteiger partial charge < -0.3 is 6.16 Å². The van der Waals surface area contributed by atoms with Gasteiger partial charge in [0.05, 0.1) is 0 Å². The number of rotatable bonds is 2. The Labute approximate surface area is 108 Å². The molecule has 1 aromatic rings. The van der Waals surface area contributed by atoms with E-state index in [1.807, 2.05) is 18.2 Å². The minimum atomic E-state index is -0.000394. The van der Waals surface area contributed by atoms with Crippen LogP contribution in [0.3, 0.4) is 0 Å².